The van der Waals surface area contributed by atoms with Crippen LogP contribution in [0.3, 0.4) is 0 Å². The predicted molar refractivity (Wildman–Crippen MR) is 67.9 cm³/mol. The number of primary amides is 1. The Morgan fingerprint density at radius 3 is 2.53 bits per heavy atom. The van der Waals surface area contributed by atoms with Crippen molar-refractivity contribution in [3.8, 4) is 0 Å². The van der Waals surface area contributed by atoms with Crippen LogP contribution in [0.5, 0.6) is 0 Å². The Bertz CT molecular complexity index is 359. The van der Waals surface area contributed by atoms with E-state index >= 15 is 0 Å². The van der Waals surface area contributed by atoms with E-state index in [4.69, 9.17) is 16.6 Å². The summed E-state index contributed by atoms with van der Waals surface area (Å²) in [5.41, 5.74) is 10.8. The Balaban J connectivity index is 2.50. The molecule has 6 N–H and O–H groups in total. The molecular weight excluding hydrogens is 250 g/mol. The highest BCUT2D eigenvalue weighted by Gasteiger charge is 2.28. The first-order valence-corrected chi connectivity index (χ1v) is 6.47. The van der Waals surface area contributed by atoms with Gasteiger partial charge in [-0.1, -0.05) is 6.42 Å². The van der Waals surface area contributed by atoms with Gasteiger partial charge in [-0.2, -0.15) is 0 Å². The molecule has 1 aliphatic rings. The SMILES string of the molecule is NC(=O)CCC(NC(=O)C1CCCC(N)C1)C(=O)O. The molecule has 0 aromatic rings. The van der Waals surface area contributed by atoms with Crippen LogP contribution in [-0.2, 0) is 14.4 Å². The van der Waals surface area contributed by atoms with E-state index in [0.717, 1.165) is 19.3 Å². The number of hydrogen-bond acceptors (Lipinski definition) is 4. The zero-order chi connectivity index (χ0) is 14.4. The van der Waals surface area contributed by atoms with E-state index in [1.54, 1.807) is 0 Å². The van der Waals surface area contributed by atoms with Crippen molar-refractivity contribution in [2.24, 2.45) is 17.4 Å². The number of carbonyl (C=O) groups is 3. The van der Waals surface area contributed by atoms with E-state index < -0.39 is 17.9 Å². The number of carbonyl (C=O) groups excluding carboxylic acids is 2. The third-order valence-corrected chi connectivity index (χ3v) is 3.38. The van der Waals surface area contributed by atoms with Gasteiger partial charge in [-0.05, 0) is 25.7 Å². The maximum Gasteiger partial charge on any atom is 0.326 e. The van der Waals surface area contributed by atoms with E-state index in [1.807, 2.05) is 0 Å². The van der Waals surface area contributed by atoms with Crippen LogP contribution in [-0.4, -0.2) is 35.0 Å². The van der Waals surface area contributed by atoms with Gasteiger partial charge >= 0.3 is 5.97 Å². The van der Waals surface area contributed by atoms with Gasteiger partial charge in [0.1, 0.15) is 6.04 Å². The second kappa shape index (κ2) is 7.08. The molecule has 0 heterocycles. The molecule has 1 aliphatic carbocycles. The van der Waals surface area contributed by atoms with Crippen LogP contribution in [0.2, 0.25) is 0 Å². The monoisotopic (exact) mass is 271 g/mol. The zero-order valence-electron chi connectivity index (χ0n) is 10.8. The first-order valence-electron chi connectivity index (χ1n) is 6.47. The predicted octanol–water partition coefficient (Wildman–Crippen LogP) is -0.661. The molecule has 0 aromatic carbocycles. The van der Waals surface area contributed by atoms with Crippen molar-refractivity contribution in [1.82, 2.24) is 5.32 Å². The minimum absolute atomic E-state index is 0.00148. The Kier molecular flexibility index (Phi) is 5.75. The van der Waals surface area contributed by atoms with Crippen molar-refractivity contribution >= 4 is 17.8 Å². The third-order valence-electron chi connectivity index (χ3n) is 3.38. The molecule has 0 aliphatic heterocycles. The van der Waals surface area contributed by atoms with Crippen LogP contribution in [0, 0.1) is 5.92 Å². The molecule has 0 spiro atoms. The minimum atomic E-state index is -1.16. The fraction of sp³-hybridized carbons (Fsp3) is 0.750. The molecule has 108 valence electrons. The van der Waals surface area contributed by atoms with Gasteiger partial charge in [-0.15, -0.1) is 0 Å². The first kappa shape index (κ1) is 15.4. The fourth-order valence-electron chi connectivity index (χ4n) is 2.30. The summed E-state index contributed by atoms with van der Waals surface area (Å²) in [5.74, 6) is -2.28. The molecule has 0 aromatic heterocycles. The third kappa shape index (κ3) is 5.25. The molecule has 7 heteroatoms. The van der Waals surface area contributed by atoms with Gasteiger partial charge in [0.25, 0.3) is 0 Å². The van der Waals surface area contributed by atoms with E-state index in [2.05, 4.69) is 5.32 Å². The smallest absolute Gasteiger partial charge is 0.326 e. The second-order valence-corrected chi connectivity index (χ2v) is 5.03. The van der Waals surface area contributed by atoms with Crippen molar-refractivity contribution in [3.05, 3.63) is 0 Å². The zero-order valence-corrected chi connectivity index (χ0v) is 10.8. The van der Waals surface area contributed by atoms with Crippen LogP contribution in [0.1, 0.15) is 38.5 Å². The highest BCUT2D eigenvalue weighted by molar-refractivity contribution is 5.85. The van der Waals surface area contributed by atoms with Gasteiger partial charge in [0.15, 0.2) is 0 Å². The lowest BCUT2D eigenvalue weighted by Gasteiger charge is -2.26. The highest BCUT2D eigenvalue weighted by Crippen LogP contribution is 2.23. The first-order chi connectivity index (χ1) is 8.90. The Morgan fingerprint density at radius 2 is 2.00 bits per heavy atom. The van der Waals surface area contributed by atoms with Gasteiger partial charge in [-0.25, -0.2) is 4.79 Å². The molecule has 1 fully saturated rings. The van der Waals surface area contributed by atoms with Crippen LogP contribution in [0.15, 0.2) is 0 Å². The van der Waals surface area contributed by atoms with E-state index in [1.165, 1.54) is 0 Å². The molecule has 2 amide bonds. The Hall–Kier alpha value is -1.63. The minimum Gasteiger partial charge on any atom is -0.480 e. The molecule has 1 rings (SSSR count). The summed E-state index contributed by atoms with van der Waals surface area (Å²) in [6, 6.07) is -1.07. The van der Waals surface area contributed by atoms with Gasteiger partial charge in [0, 0.05) is 18.4 Å². The van der Waals surface area contributed by atoms with Gasteiger partial charge in [0.05, 0.1) is 0 Å². The van der Waals surface area contributed by atoms with Crippen molar-refractivity contribution < 1.29 is 19.5 Å². The van der Waals surface area contributed by atoms with E-state index in [0.29, 0.717) is 6.42 Å². The average molecular weight is 271 g/mol. The number of amides is 2. The quantitative estimate of drug-likeness (QED) is 0.508. The molecule has 3 unspecified atom stereocenters. The van der Waals surface area contributed by atoms with Crippen molar-refractivity contribution in [2.75, 3.05) is 0 Å². The van der Waals surface area contributed by atoms with Crippen molar-refractivity contribution in [2.45, 2.75) is 50.6 Å². The molecule has 0 bridgehead atoms. The normalized spacial score (nSPS) is 24.5. The summed E-state index contributed by atoms with van der Waals surface area (Å²) in [6.45, 7) is 0. The Labute approximate surface area is 111 Å². The van der Waals surface area contributed by atoms with Crippen LogP contribution < -0.4 is 16.8 Å². The lowest BCUT2D eigenvalue weighted by molar-refractivity contribution is -0.143. The molecule has 7 nitrogen and oxygen atoms in total. The highest BCUT2D eigenvalue weighted by atomic mass is 16.4. The van der Waals surface area contributed by atoms with Crippen molar-refractivity contribution in [1.29, 1.82) is 0 Å². The number of hydrogen-bond donors (Lipinski definition) is 4. The standard InChI is InChI=1S/C12H21N3O4/c13-8-3-1-2-7(6-8)11(17)15-9(12(18)19)4-5-10(14)16/h7-9H,1-6,13H2,(H2,14,16)(H,15,17)(H,18,19). The van der Waals surface area contributed by atoms with Gasteiger partial charge < -0.3 is 21.9 Å². The number of carboxylic acids is 1. The largest absolute Gasteiger partial charge is 0.480 e. The summed E-state index contributed by atoms with van der Waals surface area (Å²) in [4.78, 5) is 33.6. The van der Waals surface area contributed by atoms with Gasteiger partial charge in [0.2, 0.25) is 11.8 Å². The molecule has 3 atom stereocenters. The number of carboxylic acid groups (broad SMARTS) is 1. The van der Waals surface area contributed by atoms with E-state index in [9.17, 15) is 14.4 Å². The fourth-order valence-corrected chi connectivity index (χ4v) is 2.30. The lowest BCUT2D eigenvalue weighted by atomic mass is 9.85. The summed E-state index contributed by atoms with van der Waals surface area (Å²) in [7, 11) is 0. The maximum absolute atomic E-state index is 12.0. The lowest BCUT2D eigenvalue weighted by Crippen LogP contribution is -2.46. The van der Waals surface area contributed by atoms with Crippen LogP contribution >= 0.6 is 0 Å². The molecule has 1 saturated carbocycles. The maximum atomic E-state index is 12.0. The summed E-state index contributed by atoms with van der Waals surface area (Å²) in [5, 5.41) is 11.5. The summed E-state index contributed by atoms with van der Waals surface area (Å²) in [6.07, 6.45) is 3.01. The molecular formula is C12H21N3O4. The van der Waals surface area contributed by atoms with Crippen molar-refractivity contribution in [3.63, 3.8) is 0 Å². The second-order valence-electron chi connectivity index (χ2n) is 5.03. The van der Waals surface area contributed by atoms with Gasteiger partial charge in [-0.3, -0.25) is 9.59 Å². The van der Waals surface area contributed by atoms with E-state index in [-0.39, 0.29) is 30.7 Å². The number of aliphatic carboxylic acids is 1. The molecule has 0 radical (unpaired) electrons. The summed E-state index contributed by atoms with van der Waals surface area (Å²) < 4.78 is 0. The number of nitrogens with two attached hydrogens (primary N) is 2. The average Bonchev–Trinajstić information content (AvgIpc) is 2.33. The topological polar surface area (TPSA) is 136 Å². The number of rotatable bonds is 6. The number of nitrogens with one attached hydrogen (secondary N) is 1. The molecule has 0 saturated heterocycles. The Morgan fingerprint density at radius 1 is 1.32 bits per heavy atom. The molecule has 19 heavy (non-hydrogen) atoms. The van der Waals surface area contributed by atoms with Crippen LogP contribution in [0.4, 0.5) is 0 Å². The summed E-state index contributed by atoms with van der Waals surface area (Å²) >= 11 is 0. The van der Waals surface area contributed by atoms with Crippen LogP contribution in [0.25, 0.3) is 0 Å².